The summed E-state index contributed by atoms with van der Waals surface area (Å²) in [6.45, 7) is 4.45. The molecule has 3 N–H and O–H groups in total. The molecule has 0 unspecified atom stereocenters. The number of nitrogens with one attached hydrogen (secondary N) is 3. The standard InChI is InChI=1S/C18H24N4O3/c1-3-13(2)21-17(23)9-10-19-18(24)20-12-15-11-16(22-25-15)14-7-5-4-6-8-14/h4-8,11,13H,3,9-10,12H2,1-2H3,(H,21,23)(H2,19,20,24)/t13-/m0/s1. The summed E-state index contributed by atoms with van der Waals surface area (Å²) in [7, 11) is 0. The number of urea groups is 1. The molecule has 7 nitrogen and oxygen atoms in total. The predicted molar refractivity (Wildman–Crippen MR) is 94.7 cm³/mol. The summed E-state index contributed by atoms with van der Waals surface area (Å²) < 4.78 is 5.21. The van der Waals surface area contributed by atoms with Crippen LogP contribution in [0, 0.1) is 0 Å². The van der Waals surface area contributed by atoms with Crippen molar-refractivity contribution >= 4 is 11.9 Å². The first-order valence-electron chi connectivity index (χ1n) is 8.40. The van der Waals surface area contributed by atoms with E-state index in [0.717, 1.165) is 17.7 Å². The molecule has 0 aliphatic heterocycles. The zero-order chi connectivity index (χ0) is 18.1. The number of hydrogen-bond acceptors (Lipinski definition) is 4. The van der Waals surface area contributed by atoms with Crippen molar-refractivity contribution in [3.05, 3.63) is 42.2 Å². The van der Waals surface area contributed by atoms with E-state index in [1.165, 1.54) is 0 Å². The van der Waals surface area contributed by atoms with Crippen molar-refractivity contribution in [3.63, 3.8) is 0 Å². The Hall–Kier alpha value is -2.83. The summed E-state index contributed by atoms with van der Waals surface area (Å²) in [5, 5.41) is 12.1. The van der Waals surface area contributed by atoms with Crippen molar-refractivity contribution in [2.24, 2.45) is 0 Å². The first kappa shape index (κ1) is 18.5. The number of amides is 3. The lowest BCUT2D eigenvalue weighted by atomic mass is 10.1. The highest BCUT2D eigenvalue weighted by Crippen LogP contribution is 2.18. The number of carbonyl (C=O) groups is 2. The molecular weight excluding hydrogens is 320 g/mol. The summed E-state index contributed by atoms with van der Waals surface area (Å²) >= 11 is 0. The lowest BCUT2D eigenvalue weighted by molar-refractivity contribution is -0.121. The second-order valence-corrected chi connectivity index (χ2v) is 5.78. The number of aromatic nitrogens is 1. The van der Waals surface area contributed by atoms with Gasteiger partial charge in [-0.3, -0.25) is 4.79 Å². The molecule has 1 aromatic heterocycles. The summed E-state index contributed by atoms with van der Waals surface area (Å²) in [5.74, 6) is 0.487. The molecule has 0 aliphatic rings. The van der Waals surface area contributed by atoms with Crippen LogP contribution in [0.15, 0.2) is 40.9 Å². The van der Waals surface area contributed by atoms with Gasteiger partial charge in [-0.25, -0.2) is 4.79 Å². The van der Waals surface area contributed by atoms with Gasteiger partial charge in [0, 0.05) is 30.6 Å². The van der Waals surface area contributed by atoms with Crippen molar-refractivity contribution < 1.29 is 14.1 Å². The smallest absolute Gasteiger partial charge is 0.315 e. The van der Waals surface area contributed by atoms with Gasteiger partial charge in [0.25, 0.3) is 0 Å². The van der Waals surface area contributed by atoms with E-state index in [1.807, 2.05) is 44.2 Å². The average Bonchev–Trinajstić information content (AvgIpc) is 3.09. The zero-order valence-electron chi connectivity index (χ0n) is 14.5. The zero-order valence-corrected chi connectivity index (χ0v) is 14.5. The monoisotopic (exact) mass is 344 g/mol. The Bertz CT molecular complexity index is 685. The van der Waals surface area contributed by atoms with Crippen molar-refractivity contribution in [3.8, 4) is 11.3 Å². The van der Waals surface area contributed by atoms with Crippen LogP contribution in [0.5, 0.6) is 0 Å². The van der Waals surface area contributed by atoms with Gasteiger partial charge in [-0.15, -0.1) is 0 Å². The van der Waals surface area contributed by atoms with E-state index in [9.17, 15) is 9.59 Å². The van der Waals surface area contributed by atoms with Gasteiger partial charge in [-0.2, -0.15) is 0 Å². The summed E-state index contributed by atoms with van der Waals surface area (Å²) in [6.07, 6.45) is 1.13. The molecule has 0 aliphatic carbocycles. The van der Waals surface area contributed by atoms with Gasteiger partial charge in [-0.1, -0.05) is 42.4 Å². The Morgan fingerprint density at radius 2 is 1.96 bits per heavy atom. The average molecular weight is 344 g/mol. The SMILES string of the molecule is CC[C@H](C)NC(=O)CCNC(=O)NCc1cc(-c2ccccc2)no1. The predicted octanol–water partition coefficient (Wildman–Crippen LogP) is 2.45. The van der Waals surface area contributed by atoms with E-state index in [1.54, 1.807) is 6.07 Å². The highest BCUT2D eigenvalue weighted by molar-refractivity contribution is 5.78. The van der Waals surface area contributed by atoms with E-state index >= 15 is 0 Å². The highest BCUT2D eigenvalue weighted by atomic mass is 16.5. The molecule has 2 rings (SSSR count). The van der Waals surface area contributed by atoms with Gasteiger partial charge in [0.05, 0.1) is 6.54 Å². The Labute approximate surface area is 147 Å². The number of nitrogens with zero attached hydrogens (tertiary/aromatic N) is 1. The fourth-order valence-corrected chi connectivity index (χ4v) is 2.11. The Balaban J connectivity index is 1.69. The van der Waals surface area contributed by atoms with Crippen LogP contribution in [0.25, 0.3) is 11.3 Å². The quantitative estimate of drug-likeness (QED) is 0.685. The molecule has 0 saturated carbocycles. The maximum atomic E-state index is 11.7. The molecule has 2 aromatic rings. The first-order chi connectivity index (χ1) is 12.1. The molecule has 7 heteroatoms. The van der Waals surface area contributed by atoms with Crippen LogP contribution < -0.4 is 16.0 Å². The highest BCUT2D eigenvalue weighted by Gasteiger charge is 2.09. The summed E-state index contributed by atoms with van der Waals surface area (Å²) in [5.41, 5.74) is 1.67. The number of hydrogen-bond donors (Lipinski definition) is 3. The molecular formula is C18H24N4O3. The Kier molecular flexibility index (Phi) is 7.00. The van der Waals surface area contributed by atoms with Crippen LogP contribution in [-0.2, 0) is 11.3 Å². The van der Waals surface area contributed by atoms with Gasteiger partial charge >= 0.3 is 6.03 Å². The van der Waals surface area contributed by atoms with Crippen LogP contribution in [-0.4, -0.2) is 29.7 Å². The Morgan fingerprint density at radius 3 is 2.68 bits per heavy atom. The maximum Gasteiger partial charge on any atom is 0.315 e. The van der Waals surface area contributed by atoms with Crippen LogP contribution in [0.3, 0.4) is 0 Å². The maximum absolute atomic E-state index is 11.7. The number of carbonyl (C=O) groups excluding carboxylic acids is 2. The van der Waals surface area contributed by atoms with E-state index in [0.29, 0.717) is 5.76 Å². The number of benzene rings is 1. The fraction of sp³-hybridized carbons (Fsp3) is 0.389. The minimum atomic E-state index is -0.353. The fourth-order valence-electron chi connectivity index (χ4n) is 2.11. The molecule has 0 radical (unpaired) electrons. The Morgan fingerprint density at radius 1 is 1.20 bits per heavy atom. The second kappa shape index (κ2) is 9.46. The molecule has 1 aromatic carbocycles. The topological polar surface area (TPSA) is 96.3 Å². The van der Waals surface area contributed by atoms with Gasteiger partial charge in [0.1, 0.15) is 5.69 Å². The van der Waals surface area contributed by atoms with E-state index in [-0.39, 0.29) is 37.5 Å². The van der Waals surface area contributed by atoms with Crippen molar-refractivity contribution in [2.45, 2.75) is 39.3 Å². The van der Waals surface area contributed by atoms with Crippen molar-refractivity contribution in [1.29, 1.82) is 0 Å². The van der Waals surface area contributed by atoms with Gasteiger partial charge in [0.15, 0.2) is 5.76 Å². The molecule has 134 valence electrons. The van der Waals surface area contributed by atoms with E-state index < -0.39 is 0 Å². The number of rotatable bonds is 8. The summed E-state index contributed by atoms with van der Waals surface area (Å²) in [6, 6.07) is 11.2. The minimum Gasteiger partial charge on any atom is -0.359 e. The molecule has 1 heterocycles. The molecule has 25 heavy (non-hydrogen) atoms. The third-order valence-electron chi connectivity index (χ3n) is 3.71. The largest absolute Gasteiger partial charge is 0.359 e. The van der Waals surface area contributed by atoms with Crippen LogP contribution in [0.1, 0.15) is 32.4 Å². The second-order valence-electron chi connectivity index (χ2n) is 5.78. The van der Waals surface area contributed by atoms with Crippen LogP contribution in [0.4, 0.5) is 4.79 Å². The lowest BCUT2D eigenvalue weighted by Crippen LogP contribution is -2.38. The third kappa shape index (κ3) is 6.29. The third-order valence-corrected chi connectivity index (χ3v) is 3.71. The minimum absolute atomic E-state index is 0.0719. The molecule has 0 spiro atoms. The molecule has 0 fully saturated rings. The van der Waals surface area contributed by atoms with Crippen LogP contribution >= 0.6 is 0 Å². The van der Waals surface area contributed by atoms with Gasteiger partial charge in [-0.05, 0) is 13.3 Å². The molecule has 0 saturated heterocycles. The van der Waals surface area contributed by atoms with Crippen LogP contribution in [0.2, 0.25) is 0 Å². The summed E-state index contributed by atoms with van der Waals surface area (Å²) in [4.78, 5) is 23.3. The molecule has 3 amide bonds. The normalized spacial score (nSPS) is 11.6. The van der Waals surface area contributed by atoms with Crippen molar-refractivity contribution in [2.75, 3.05) is 6.54 Å². The van der Waals surface area contributed by atoms with Gasteiger partial charge in [0.2, 0.25) is 5.91 Å². The van der Waals surface area contributed by atoms with E-state index in [4.69, 9.17) is 4.52 Å². The van der Waals surface area contributed by atoms with E-state index in [2.05, 4.69) is 21.1 Å². The molecule has 1 atom stereocenters. The van der Waals surface area contributed by atoms with Gasteiger partial charge < -0.3 is 20.5 Å². The van der Waals surface area contributed by atoms with Crippen molar-refractivity contribution in [1.82, 2.24) is 21.1 Å². The first-order valence-corrected chi connectivity index (χ1v) is 8.40. The molecule has 0 bridgehead atoms. The lowest BCUT2D eigenvalue weighted by Gasteiger charge is -2.11.